The lowest BCUT2D eigenvalue weighted by Gasteiger charge is -2.19. The number of aromatic nitrogens is 2. The van der Waals surface area contributed by atoms with Gasteiger partial charge >= 0.3 is 0 Å². The van der Waals surface area contributed by atoms with Gasteiger partial charge < -0.3 is 14.6 Å². The molecule has 0 bridgehead atoms. The van der Waals surface area contributed by atoms with Crippen LogP contribution in [0.4, 0.5) is 0 Å². The van der Waals surface area contributed by atoms with Crippen LogP contribution in [0.1, 0.15) is 30.0 Å². The van der Waals surface area contributed by atoms with Crippen molar-refractivity contribution in [2.24, 2.45) is 0 Å². The maximum atomic E-state index is 13.2. The van der Waals surface area contributed by atoms with E-state index in [0.29, 0.717) is 30.1 Å². The van der Waals surface area contributed by atoms with Crippen molar-refractivity contribution in [2.45, 2.75) is 20.8 Å². The molecule has 0 aliphatic carbocycles. The first-order chi connectivity index (χ1) is 13.5. The van der Waals surface area contributed by atoms with Crippen molar-refractivity contribution in [2.75, 3.05) is 19.6 Å². The minimum atomic E-state index is -0.264. The van der Waals surface area contributed by atoms with Crippen molar-refractivity contribution >= 4 is 11.8 Å². The van der Waals surface area contributed by atoms with Gasteiger partial charge in [0.1, 0.15) is 11.5 Å². The SMILES string of the molecule is CCNC(=O)CN(CC)C(=O)c1cn(-c2ccccc2)nc1-c1ccc(C)o1. The van der Waals surface area contributed by atoms with Gasteiger partial charge in [0.15, 0.2) is 5.76 Å². The average molecular weight is 380 g/mol. The highest BCUT2D eigenvalue weighted by Gasteiger charge is 2.25. The number of rotatable bonds is 7. The molecule has 0 fully saturated rings. The minimum Gasteiger partial charge on any atom is -0.460 e. The number of amides is 2. The lowest BCUT2D eigenvalue weighted by Crippen LogP contribution is -2.40. The fraction of sp³-hybridized carbons (Fsp3) is 0.286. The monoisotopic (exact) mass is 380 g/mol. The van der Waals surface area contributed by atoms with E-state index in [2.05, 4.69) is 10.4 Å². The summed E-state index contributed by atoms with van der Waals surface area (Å²) in [7, 11) is 0. The first kappa shape index (κ1) is 19.4. The maximum absolute atomic E-state index is 13.2. The third kappa shape index (κ3) is 4.14. The van der Waals surface area contributed by atoms with E-state index in [1.807, 2.05) is 57.2 Å². The number of furan rings is 1. The van der Waals surface area contributed by atoms with Crippen LogP contribution in [0.5, 0.6) is 0 Å². The highest BCUT2D eigenvalue weighted by molar-refractivity contribution is 6.01. The second kappa shape index (κ2) is 8.56. The summed E-state index contributed by atoms with van der Waals surface area (Å²) in [5.74, 6) is 0.797. The molecular weight excluding hydrogens is 356 g/mol. The number of hydrogen-bond donors (Lipinski definition) is 1. The number of carbonyl (C=O) groups is 2. The van der Waals surface area contributed by atoms with E-state index < -0.39 is 0 Å². The lowest BCUT2D eigenvalue weighted by atomic mass is 10.2. The van der Waals surface area contributed by atoms with Crippen LogP contribution in [0, 0.1) is 6.92 Å². The van der Waals surface area contributed by atoms with Crippen molar-refractivity contribution in [3.8, 4) is 17.1 Å². The minimum absolute atomic E-state index is 0.00366. The Morgan fingerprint density at radius 3 is 2.50 bits per heavy atom. The van der Waals surface area contributed by atoms with E-state index >= 15 is 0 Å². The van der Waals surface area contributed by atoms with E-state index in [1.165, 1.54) is 4.90 Å². The Bertz CT molecular complexity index is 959. The Morgan fingerprint density at radius 2 is 1.89 bits per heavy atom. The van der Waals surface area contributed by atoms with Crippen molar-refractivity contribution in [1.82, 2.24) is 20.0 Å². The predicted octanol–water partition coefficient (Wildman–Crippen LogP) is 3.04. The highest BCUT2D eigenvalue weighted by atomic mass is 16.3. The Morgan fingerprint density at radius 1 is 1.14 bits per heavy atom. The molecule has 2 heterocycles. The van der Waals surface area contributed by atoms with Gasteiger partial charge in [0.2, 0.25) is 5.91 Å². The Kier molecular flexibility index (Phi) is 5.93. The van der Waals surface area contributed by atoms with Gasteiger partial charge in [0, 0.05) is 19.3 Å². The first-order valence-corrected chi connectivity index (χ1v) is 9.31. The molecule has 0 saturated carbocycles. The molecule has 7 heteroatoms. The quantitative estimate of drug-likeness (QED) is 0.683. The number of likely N-dealkylation sites (N-methyl/N-ethyl adjacent to an activating group) is 2. The van der Waals surface area contributed by atoms with Crippen LogP contribution < -0.4 is 5.32 Å². The zero-order chi connectivity index (χ0) is 20.1. The Labute approximate surface area is 163 Å². The van der Waals surface area contributed by atoms with E-state index in [1.54, 1.807) is 16.9 Å². The van der Waals surface area contributed by atoms with Crippen LogP contribution in [-0.2, 0) is 4.79 Å². The number of hydrogen-bond acceptors (Lipinski definition) is 4. The molecule has 3 rings (SSSR count). The predicted molar refractivity (Wildman–Crippen MR) is 106 cm³/mol. The number of benzene rings is 1. The van der Waals surface area contributed by atoms with Crippen molar-refractivity contribution in [3.63, 3.8) is 0 Å². The van der Waals surface area contributed by atoms with E-state index in [-0.39, 0.29) is 18.4 Å². The summed E-state index contributed by atoms with van der Waals surface area (Å²) >= 11 is 0. The van der Waals surface area contributed by atoms with Gasteiger partial charge in [-0.1, -0.05) is 18.2 Å². The van der Waals surface area contributed by atoms with Gasteiger partial charge in [0.05, 0.1) is 17.8 Å². The van der Waals surface area contributed by atoms with Crippen molar-refractivity contribution < 1.29 is 14.0 Å². The molecular formula is C21H24N4O3. The molecule has 3 aromatic rings. The van der Waals surface area contributed by atoms with Crippen LogP contribution in [0.15, 0.2) is 53.1 Å². The van der Waals surface area contributed by atoms with Gasteiger partial charge in [0.25, 0.3) is 5.91 Å². The number of carbonyl (C=O) groups excluding carboxylic acids is 2. The molecule has 7 nitrogen and oxygen atoms in total. The molecule has 0 spiro atoms. The van der Waals surface area contributed by atoms with Crippen LogP contribution in [-0.4, -0.2) is 46.1 Å². The Balaban J connectivity index is 2.01. The largest absolute Gasteiger partial charge is 0.460 e. The van der Waals surface area contributed by atoms with Gasteiger partial charge in [-0.3, -0.25) is 9.59 Å². The summed E-state index contributed by atoms with van der Waals surface area (Å²) in [4.78, 5) is 26.7. The zero-order valence-corrected chi connectivity index (χ0v) is 16.3. The third-order valence-corrected chi connectivity index (χ3v) is 4.32. The third-order valence-electron chi connectivity index (χ3n) is 4.32. The standard InChI is InChI=1S/C21H24N4O3/c1-4-22-19(26)14-24(5-2)21(27)17-13-25(16-9-7-6-8-10-16)23-20(17)18-12-11-15(3)28-18/h6-13H,4-5,14H2,1-3H3,(H,22,26). The van der Waals surface area contributed by atoms with E-state index in [9.17, 15) is 9.59 Å². The molecule has 2 aromatic heterocycles. The topological polar surface area (TPSA) is 80.4 Å². The number of nitrogens with one attached hydrogen (secondary N) is 1. The average Bonchev–Trinajstić information content (AvgIpc) is 3.33. The fourth-order valence-corrected chi connectivity index (χ4v) is 2.91. The number of aryl methyl sites for hydroxylation is 1. The molecule has 0 atom stereocenters. The van der Waals surface area contributed by atoms with Crippen molar-refractivity contribution in [3.05, 3.63) is 60.0 Å². The van der Waals surface area contributed by atoms with Gasteiger partial charge in [-0.15, -0.1) is 0 Å². The molecule has 1 N–H and O–H groups in total. The van der Waals surface area contributed by atoms with Crippen LogP contribution in [0.3, 0.4) is 0 Å². The molecule has 28 heavy (non-hydrogen) atoms. The molecule has 146 valence electrons. The fourth-order valence-electron chi connectivity index (χ4n) is 2.91. The number of para-hydroxylation sites is 1. The Hall–Kier alpha value is -3.35. The van der Waals surface area contributed by atoms with Crippen LogP contribution in [0.2, 0.25) is 0 Å². The molecule has 0 saturated heterocycles. The summed E-state index contributed by atoms with van der Waals surface area (Å²) in [6, 6.07) is 13.2. The molecule has 0 aliphatic heterocycles. The number of nitrogens with zero attached hydrogens (tertiary/aromatic N) is 3. The van der Waals surface area contributed by atoms with Crippen LogP contribution in [0.25, 0.3) is 17.1 Å². The molecule has 1 aromatic carbocycles. The zero-order valence-electron chi connectivity index (χ0n) is 16.3. The van der Waals surface area contributed by atoms with Crippen molar-refractivity contribution in [1.29, 1.82) is 0 Å². The molecule has 0 unspecified atom stereocenters. The van der Waals surface area contributed by atoms with Gasteiger partial charge in [-0.05, 0) is 45.0 Å². The van der Waals surface area contributed by atoms with Crippen LogP contribution >= 0.6 is 0 Å². The molecule has 0 radical (unpaired) electrons. The smallest absolute Gasteiger partial charge is 0.258 e. The summed E-state index contributed by atoms with van der Waals surface area (Å²) in [5.41, 5.74) is 1.68. The molecule has 2 amide bonds. The first-order valence-electron chi connectivity index (χ1n) is 9.31. The van der Waals surface area contributed by atoms with E-state index in [4.69, 9.17) is 4.42 Å². The van der Waals surface area contributed by atoms with Gasteiger partial charge in [-0.2, -0.15) is 5.10 Å². The highest BCUT2D eigenvalue weighted by Crippen LogP contribution is 2.26. The summed E-state index contributed by atoms with van der Waals surface area (Å²) < 4.78 is 7.37. The lowest BCUT2D eigenvalue weighted by molar-refractivity contribution is -0.121. The maximum Gasteiger partial charge on any atom is 0.258 e. The second-order valence-electron chi connectivity index (χ2n) is 6.35. The second-order valence-corrected chi connectivity index (χ2v) is 6.35. The normalized spacial score (nSPS) is 10.7. The molecule has 0 aliphatic rings. The summed E-state index contributed by atoms with van der Waals surface area (Å²) in [6.07, 6.45) is 1.69. The summed E-state index contributed by atoms with van der Waals surface area (Å²) in [6.45, 7) is 6.45. The summed E-state index contributed by atoms with van der Waals surface area (Å²) in [5, 5.41) is 7.32. The van der Waals surface area contributed by atoms with Gasteiger partial charge in [-0.25, -0.2) is 4.68 Å². The van der Waals surface area contributed by atoms with E-state index in [0.717, 1.165) is 11.4 Å².